The van der Waals surface area contributed by atoms with E-state index in [1.165, 1.54) is 12.3 Å². The Labute approximate surface area is 106 Å². The lowest BCUT2D eigenvalue weighted by Crippen LogP contribution is -2.39. The van der Waals surface area contributed by atoms with Crippen LogP contribution in [0, 0.1) is 5.82 Å². The minimum absolute atomic E-state index is 0.00870. The Morgan fingerprint density at radius 1 is 1.47 bits per heavy atom. The van der Waals surface area contributed by atoms with Gasteiger partial charge in [0.15, 0.2) is 0 Å². The van der Waals surface area contributed by atoms with Gasteiger partial charge in [-0.1, -0.05) is 0 Å². The Balaban J connectivity index is 2.62. The van der Waals surface area contributed by atoms with Crippen molar-refractivity contribution < 1.29 is 9.50 Å². The van der Waals surface area contributed by atoms with Gasteiger partial charge in [0.1, 0.15) is 5.82 Å². The number of nitrogens with one attached hydrogen (secondary N) is 1. The maximum Gasteiger partial charge on any atom is 0.141 e. The highest BCUT2D eigenvalue weighted by Crippen LogP contribution is 2.17. The molecule has 0 amide bonds. The molecule has 3 unspecified atom stereocenters. The second-order valence-corrected chi connectivity index (χ2v) is 5.15. The van der Waals surface area contributed by atoms with Gasteiger partial charge in [-0.25, -0.2) is 4.39 Å². The molecule has 96 valence electrons. The SMILES string of the molecule is CSC(CO)C(C)NC(C)c1cncc(F)c1. The molecular weight excluding hydrogens is 239 g/mol. The van der Waals surface area contributed by atoms with E-state index < -0.39 is 0 Å². The summed E-state index contributed by atoms with van der Waals surface area (Å²) >= 11 is 1.62. The molecule has 0 aliphatic rings. The third-order valence-electron chi connectivity index (χ3n) is 2.78. The number of hydrogen-bond donors (Lipinski definition) is 2. The molecule has 0 saturated heterocycles. The zero-order valence-corrected chi connectivity index (χ0v) is 11.2. The first-order chi connectivity index (χ1) is 8.08. The fourth-order valence-electron chi connectivity index (χ4n) is 1.70. The number of thioether (sulfide) groups is 1. The Kier molecular flexibility index (Phi) is 5.88. The van der Waals surface area contributed by atoms with Gasteiger partial charge in [-0.3, -0.25) is 4.98 Å². The largest absolute Gasteiger partial charge is 0.395 e. The molecule has 0 saturated carbocycles. The smallest absolute Gasteiger partial charge is 0.141 e. The average Bonchev–Trinajstić information content (AvgIpc) is 2.30. The van der Waals surface area contributed by atoms with Crippen molar-refractivity contribution in [3.8, 4) is 0 Å². The van der Waals surface area contributed by atoms with Crippen LogP contribution in [0.5, 0.6) is 0 Å². The lowest BCUT2D eigenvalue weighted by atomic mass is 10.1. The molecule has 1 aromatic rings. The molecule has 0 spiro atoms. The van der Waals surface area contributed by atoms with Crippen molar-refractivity contribution in [3.05, 3.63) is 29.8 Å². The van der Waals surface area contributed by atoms with E-state index in [0.29, 0.717) is 0 Å². The van der Waals surface area contributed by atoms with E-state index >= 15 is 0 Å². The molecule has 0 radical (unpaired) electrons. The van der Waals surface area contributed by atoms with Gasteiger partial charge in [-0.05, 0) is 31.7 Å². The van der Waals surface area contributed by atoms with Crippen molar-refractivity contribution in [3.63, 3.8) is 0 Å². The van der Waals surface area contributed by atoms with Crippen LogP contribution >= 0.6 is 11.8 Å². The van der Waals surface area contributed by atoms with Crippen molar-refractivity contribution in [2.24, 2.45) is 0 Å². The summed E-state index contributed by atoms with van der Waals surface area (Å²) in [5.41, 5.74) is 0.814. The number of nitrogens with zero attached hydrogens (tertiary/aromatic N) is 1. The molecular formula is C12H19FN2OS. The number of halogens is 1. The van der Waals surface area contributed by atoms with Crippen LogP contribution in [-0.4, -0.2) is 34.2 Å². The zero-order valence-electron chi connectivity index (χ0n) is 10.4. The molecule has 17 heavy (non-hydrogen) atoms. The van der Waals surface area contributed by atoms with E-state index in [2.05, 4.69) is 10.3 Å². The first kappa shape index (κ1) is 14.4. The number of aromatic nitrogens is 1. The highest BCUT2D eigenvalue weighted by molar-refractivity contribution is 7.99. The average molecular weight is 258 g/mol. The summed E-state index contributed by atoms with van der Waals surface area (Å²) in [7, 11) is 0. The lowest BCUT2D eigenvalue weighted by Gasteiger charge is -2.25. The Morgan fingerprint density at radius 2 is 2.18 bits per heavy atom. The lowest BCUT2D eigenvalue weighted by molar-refractivity contribution is 0.271. The predicted octanol–water partition coefficient (Wildman–Crippen LogP) is 1.98. The Morgan fingerprint density at radius 3 is 2.71 bits per heavy atom. The van der Waals surface area contributed by atoms with Crippen LogP contribution < -0.4 is 5.32 Å². The molecule has 1 aromatic heterocycles. The minimum Gasteiger partial charge on any atom is -0.395 e. The van der Waals surface area contributed by atoms with E-state index in [9.17, 15) is 9.50 Å². The maximum atomic E-state index is 13.0. The second kappa shape index (κ2) is 6.93. The Bertz CT molecular complexity index is 347. The number of pyridine rings is 1. The van der Waals surface area contributed by atoms with Gasteiger partial charge in [0.2, 0.25) is 0 Å². The van der Waals surface area contributed by atoms with Crippen molar-refractivity contribution in [2.45, 2.75) is 31.2 Å². The van der Waals surface area contributed by atoms with Crippen LogP contribution in [0.2, 0.25) is 0 Å². The van der Waals surface area contributed by atoms with E-state index in [0.717, 1.165) is 5.56 Å². The fourth-order valence-corrected chi connectivity index (χ4v) is 2.34. The Hall–Kier alpha value is -0.650. The van der Waals surface area contributed by atoms with E-state index in [1.54, 1.807) is 18.0 Å². The van der Waals surface area contributed by atoms with Gasteiger partial charge in [0.25, 0.3) is 0 Å². The van der Waals surface area contributed by atoms with Crippen molar-refractivity contribution >= 4 is 11.8 Å². The molecule has 1 rings (SSSR count). The number of hydrogen-bond acceptors (Lipinski definition) is 4. The highest BCUT2D eigenvalue weighted by Gasteiger charge is 2.18. The van der Waals surface area contributed by atoms with E-state index in [-0.39, 0.29) is 29.8 Å². The van der Waals surface area contributed by atoms with Crippen LogP contribution in [0.3, 0.4) is 0 Å². The molecule has 0 bridgehead atoms. The summed E-state index contributed by atoms with van der Waals surface area (Å²) in [6.07, 6.45) is 4.81. The van der Waals surface area contributed by atoms with Crippen molar-refractivity contribution in [1.29, 1.82) is 0 Å². The van der Waals surface area contributed by atoms with E-state index in [1.807, 2.05) is 20.1 Å². The van der Waals surface area contributed by atoms with Gasteiger partial charge in [0, 0.05) is 23.5 Å². The van der Waals surface area contributed by atoms with Crippen LogP contribution in [0.1, 0.15) is 25.5 Å². The van der Waals surface area contributed by atoms with E-state index in [4.69, 9.17) is 0 Å². The van der Waals surface area contributed by atoms with Crippen LogP contribution in [-0.2, 0) is 0 Å². The number of aliphatic hydroxyl groups is 1. The predicted molar refractivity (Wildman–Crippen MR) is 69.6 cm³/mol. The summed E-state index contributed by atoms with van der Waals surface area (Å²) in [5, 5.41) is 12.7. The molecule has 1 heterocycles. The van der Waals surface area contributed by atoms with Crippen molar-refractivity contribution in [2.75, 3.05) is 12.9 Å². The second-order valence-electron chi connectivity index (χ2n) is 4.07. The number of rotatable bonds is 6. The van der Waals surface area contributed by atoms with Gasteiger partial charge in [-0.15, -0.1) is 0 Å². The maximum absolute atomic E-state index is 13.0. The number of aliphatic hydroxyl groups excluding tert-OH is 1. The summed E-state index contributed by atoms with van der Waals surface area (Å²) in [5.74, 6) is -0.327. The van der Waals surface area contributed by atoms with Crippen molar-refractivity contribution in [1.82, 2.24) is 10.3 Å². The van der Waals surface area contributed by atoms with Gasteiger partial charge in [-0.2, -0.15) is 11.8 Å². The standard InChI is InChI=1S/C12H19FN2OS/c1-8(10-4-11(13)6-14-5-10)15-9(2)12(7-16)17-3/h4-6,8-9,12,15-16H,7H2,1-3H3. The topological polar surface area (TPSA) is 45.1 Å². The summed E-state index contributed by atoms with van der Waals surface area (Å²) < 4.78 is 13.0. The molecule has 5 heteroatoms. The molecule has 0 aliphatic carbocycles. The van der Waals surface area contributed by atoms with Gasteiger partial charge in [0.05, 0.1) is 12.8 Å². The third-order valence-corrected chi connectivity index (χ3v) is 3.94. The first-order valence-corrected chi connectivity index (χ1v) is 6.87. The molecule has 0 aliphatic heterocycles. The third kappa shape index (κ3) is 4.26. The minimum atomic E-state index is -0.327. The summed E-state index contributed by atoms with van der Waals surface area (Å²) in [6.45, 7) is 4.10. The highest BCUT2D eigenvalue weighted by atomic mass is 32.2. The van der Waals surface area contributed by atoms with Crippen LogP contribution in [0.15, 0.2) is 18.5 Å². The van der Waals surface area contributed by atoms with Gasteiger partial charge < -0.3 is 10.4 Å². The molecule has 0 aromatic carbocycles. The quantitative estimate of drug-likeness (QED) is 0.819. The molecule has 0 fully saturated rings. The molecule has 3 atom stereocenters. The fraction of sp³-hybridized carbons (Fsp3) is 0.583. The van der Waals surface area contributed by atoms with Crippen LogP contribution in [0.25, 0.3) is 0 Å². The zero-order chi connectivity index (χ0) is 12.8. The molecule has 3 nitrogen and oxygen atoms in total. The van der Waals surface area contributed by atoms with Crippen LogP contribution in [0.4, 0.5) is 4.39 Å². The first-order valence-electron chi connectivity index (χ1n) is 5.58. The van der Waals surface area contributed by atoms with Gasteiger partial charge >= 0.3 is 0 Å². The summed E-state index contributed by atoms with van der Waals surface area (Å²) in [4.78, 5) is 3.83. The normalized spacial score (nSPS) is 16.5. The molecule has 2 N–H and O–H groups in total. The monoisotopic (exact) mass is 258 g/mol. The summed E-state index contributed by atoms with van der Waals surface area (Å²) in [6, 6.07) is 1.63.